The van der Waals surface area contributed by atoms with Crippen LogP contribution < -0.4 is 5.73 Å². The van der Waals surface area contributed by atoms with Gasteiger partial charge in [0, 0.05) is 10.6 Å². The number of aromatic nitrogens is 3. The number of azo groups is 1. The van der Waals surface area contributed by atoms with E-state index < -0.39 is 0 Å². The van der Waals surface area contributed by atoms with E-state index in [0.717, 1.165) is 5.56 Å². The van der Waals surface area contributed by atoms with E-state index in [1.807, 2.05) is 42.5 Å². The topological polar surface area (TPSA) is 129 Å². The van der Waals surface area contributed by atoms with Crippen LogP contribution in [0.15, 0.2) is 64.8 Å². The molecule has 138 valence electrons. The van der Waals surface area contributed by atoms with Crippen molar-refractivity contribution in [2.24, 2.45) is 10.2 Å². The maximum absolute atomic E-state index is 9.56. The van der Waals surface area contributed by atoms with Crippen molar-refractivity contribution < 1.29 is 0 Å². The van der Waals surface area contributed by atoms with Gasteiger partial charge in [-0.2, -0.15) is 20.7 Å². The van der Waals surface area contributed by atoms with Crippen molar-refractivity contribution in [1.82, 2.24) is 14.6 Å². The number of benzene rings is 2. The number of fused-ring (bicyclic) bond motifs is 1. The van der Waals surface area contributed by atoms with E-state index in [9.17, 15) is 10.5 Å². The monoisotopic (exact) mass is 398 g/mol. The summed E-state index contributed by atoms with van der Waals surface area (Å²) in [6.45, 7) is 0. The summed E-state index contributed by atoms with van der Waals surface area (Å²) >= 11 is 5.91. The van der Waals surface area contributed by atoms with E-state index >= 15 is 0 Å². The molecule has 2 heterocycles. The molecule has 2 N–H and O–H groups in total. The molecule has 0 aliphatic carbocycles. The number of nitrogens with zero attached hydrogens (tertiary/aromatic N) is 7. The lowest BCUT2D eigenvalue weighted by Gasteiger charge is -2.01. The first kappa shape index (κ1) is 18.1. The van der Waals surface area contributed by atoms with E-state index in [2.05, 4.69) is 20.3 Å². The van der Waals surface area contributed by atoms with Crippen molar-refractivity contribution in [2.45, 2.75) is 0 Å². The molecule has 0 unspecified atom stereocenters. The maximum atomic E-state index is 9.56. The van der Waals surface area contributed by atoms with Gasteiger partial charge in [0.15, 0.2) is 17.0 Å². The molecule has 0 saturated carbocycles. The summed E-state index contributed by atoms with van der Waals surface area (Å²) in [5.74, 6) is -0.0704. The predicted molar refractivity (Wildman–Crippen MR) is 108 cm³/mol. The largest absolute Gasteiger partial charge is 0.382 e. The highest BCUT2D eigenvalue weighted by Crippen LogP contribution is 2.35. The van der Waals surface area contributed by atoms with Gasteiger partial charge in [-0.3, -0.25) is 0 Å². The highest BCUT2D eigenvalue weighted by atomic mass is 35.5. The van der Waals surface area contributed by atoms with Gasteiger partial charge < -0.3 is 5.73 Å². The van der Waals surface area contributed by atoms with Crippen molar-refractivity contribution in [3.8, 4) is 23.4 Å². The van der Waals surface area contributed by atoms with Gasteiger partial charge in [0.25, 0.3) is 0 Å². The van der Waals surface area contributed by atoms with E-state index in [0.29, 0.717) is 22.1 Å². The third kappa shape index (κ3) is 3.25. The summed E-state index contributed by atoms with van der Waals surface area (Å²) in [7, 11) is 0. The van der Waals surface area contributed by atoms with Gasteiger partial charge in [0.05, 0.1) is 5.69 Å². The lowest BCUT2D eigenvalue weighted by atomic mass is 10.1. The van der Waals surface area contributed by atoms with Crippen LogP contribution in [0.3, 0.4) is 0 Å². The van der Waals surface area contributed by atoms with Crippen molar-refractivity contribution in [3.63, 3.8) is 0 Å². The fraction of sp³-hybridized carbons (Fsp3) is 0. The summed E-state index contributed by atoms with van der Waals surface area (Å²) in [6, 6.07) is 20.0. The zero-order valence-corrected chi connectivity index (χ0v) is 15.5. The average molecular weight is 399 g/mol. The molecule has 0 aliphatic rings. The number of anilines is 1. The summed E-state index contributed by atoms with van der Waals surface area (Å²) in [5.41, 5.74) is 8.20. The molecule has 9 heteroatoms. The van der Waals surface area contributed by atoms with Crippen molar-refractivity contribution in [1.29, 1.82) is 10.5 Å². The molecule has 29 heavy (non-hydrogen) atoms. The van der Waals surface area contributed by atoms with Crippen molar-refractivity contribution in [3.05, 3.63) is 70.9 Å². The molecule has 2 aromatic carbocycles. The predicted octanol–water partition coefficient (Wildman–Crippen LogP) is 4.79. The number of nitrogen functional groups attached to an aromatic ring is 1. The molecule has 4 rings (SSSR count). The minimum atomic E-state index is -0.0704. The first-order valence-corrected chi connectivity index (χ1v) is 8.75. The summed E-state index contributed by atoms with van der Waals surface area (Å²) < 4.78 is 1.27. The Hall–Kier alpha value is -4.27. The average Bonchev–Trinajstić information content (AvgIpc) is 3.11. The minimum Gasteiger partial charge on any atom is -0.382 e. The fourth-order valence-corrected chi connectivity index (χ4v) is 2.89. The smallest absolute Gasteiger partial charge is 0.187 e. The summed E-state index contributed by atoms with van der Waals surface area (Å²) in [6.07, 6.45) is 0. The molecule has 0 saturated heterocycles. The summed E-state index contributed by atoms with van der Waals surface area (Å²) in [4.78, 5) is 4.26. The lowest BCUT2D eigenvalue weighted by molar-refractivity contribution is 0.921. The van der Waals surface area contributed by atoms with Gasteiger partial charge >= 0.3 is 0 Å². The van der Waals surface area contributed by atoms with E-state index in [4.69, 9.17) is 17.3 Å². The second kappa shape index (κ2) is 7.39. The third-order valence-electron chi connectivity index (χ3n) is 4.12. The van der Waals surface area contributed by atoms with Gasteiger partial charge in [0.2, 0.25) is 0 Å². The number of nitrogens with two attached hydrogens (primary N) is 1. The van der Waals surface area contributed by atoms with E-state index in [-0.39, 0.29) is 22.7 Å². The van der Waals surface area contributed by atoms with Crippen LogP contribution in [0.5, 0.6) is 0 Å². The number of nitriles is 2. The molecule has 2 aromatic heterocycles. The van der Waals surface area contributed by atoms with Crippen molar-refractivity contribution >= 4 is 34.4 Å². The van der Waals surface area contributed by atoms with Gasteiger partial charge in [-0.1, -0.05) is 41.9 Å². The number of halogens is 1. The van der Waals surface area contributed by atoms with E-state index in [1.54, 1.807) is 24.3 Å². The zero-order chi connectivity index (χ0) is 20.4. The molecule has 4 aromatic rings. The molecule has 0 radical (unpaired) electrons. The zero-order valence-electron chi connectivity index (χ0n) is 14.8. The van der Waals surface area contributed by atoms with Crippen LogP contribution in [0.1, 0.15) is 11.3 Å². The van der Waals surface area contributed by atoms with Crippen LogP contribution in [0.2, 0.25) is 5.02 Å². The quantitative estimate of drug-likeness (QED) is 0.496. The van der Waals surface area contributed by atoms with Crippen LogP contribution in [0.4, 0.5) is 17.2 Å². The molecule has 8 nitrogen and oxygen atoms in total. The van der Waals surface area contributed by atoms with Gasteiger partial charge in [-0.25, -0.2) is 9.50 Å². The Balaban J connectivity index is 2.00. The van der Waals surface area contributed by atoms with Gasteiger partial charge in [-0.15, -0.1) is 5.11 Å². The standard InChI is InChI=1S/C20H11ClN8/c21-13-6-8-14(9-7-13)26-27-18-17(12-4-2-1-3-5-12)28-29-16(11-23)15(10-22)19(24)25-20(18)29/h1-9H,(H2,24,25). The highest BCUT2D eigenvalue weighted by Gasteiger charge is 2.22. The maximum Gasteiger partial charge on any atom is 0.187 e. The van der Waals surface area contributed by atoms with Crippen LogP contribution in [0, 0.1) is 22.7 Å². The second-order valence-electron chi connectivity index (χ2n) is 5.92. The second-order valence-corrected chi connectivity index (χ2v) is 6.36. The van der Waals surface area contributed by atoms with Crippen LogP contribution >= 0.6 is 11.6 Å². The highest BCUT2D eigenvalue weighted by molar-refractivity contribution is 6.30. The molecule has 0 aliphatic heterocycles. The third-order valence-corrected chi connectivity index (χ3v) is 4.38. The number of rotatable bonds is 3. The Morgan fingerprint density at radius 1 is 0.966 bits per heavy atom. The van der Waals surface area contributed by atoms with Crippen LogP contribution in [-0.4, -0.2) is 14.6 Å². The first-order valence-electron chi connectivity index (χ1n) is 8.37. The van der Waals surface area contributed by atoms with Gasteiger partial charge in [0.1, 0.15) is 29.2 Å². The normalized spacial score (nSPS) is 10.9. The van der Waals surface area contributed by atoms with Crippen molar-refractivity contribution in [2.75, 3.05) is 5.73 Å². The first-order chi connectivity index (χ1) is 14.1. The molecular formula is C20H11ClN8. The molecule has 0 spiro atoms. The van der Waals surface area contributed by atoms with Crippen LogP contribution in [0.25, 0.3) is 16.9 Å². The Kier molecular flexibility index (Phi) is 4.62. The SMILES string of the molecule is N#Cc1c(N)nc2c(N=Nc3ccc(Cl)cc3)c(-c3ccccc3)nn2c1C#N. The Bertz CT molecular complexity index is 1330. The number of hydrogen-bond acceptors (Lipinski definition) is 7. The Labute approximate surface area is 170 Å². The fourth-order valence-electron chi connectivity index (χ4n) is 2.77. The molecule has 0 atom stereocenters. The Morgan fingerprint density at radius 2 is 1.69 bits per heavy atom. The van der Waals surface area contributed by atoms with Crippen LogP contribution in [-0.2, 0) is 0 Å². The number of hydrogen-bond donors (Lipinski definition) is 1. The molecule has 0 bridgehead atoms. The summed E-state index contributed by atoms with van der Waals surface area (Å²) in [5, 5.41) is 32.5. The molecule has 0 amide bonds. The Morgan fingerprint density at radius 3 is 2.34 bits per heavy atom. The minimum absolute atomic E-state index is 0.0138. The molecular weight excluding hydrogens is 388 g/mol. The van der Waals surface area contributed by atoms with Gasteiger partial charge in [-0.05, 0) is 24.3 Å². The molecule has 0 fully saturated rings. The van der Waals surface area contributed by atoms with E-state index in [1.165, 1.54) is 4.52 Å². The lowest BCUT2D eigenvalue weighted by Crippen LogP contribution is -2.05.